The highest BCUT2D eigenvalue weighted by molar-refractivity contribution is 5.66. The van der Waals surface area contributed by atoms with Gasteiger partial charge in [-0.05, 0) is 53.6 Å². The van der Waals surface area contributed by atoms with Crippen LogP contribution in [0.15, 0.2) is 36.4 Å². The molecule has 1 aliphatic heterocycles. The number of nitrogens with zero attached hydrogens (tertiary/aromatic N) is 1. The highest BCUT2D eigenvalue weighted by Crippen LogP contribution is 2.36. The van der Waals surface area contributed by atoms with Gasteiger partial charge in [0.15, 0.2) is 0 Å². The maximum absolute atomic E-state index is 11.6. The lowest BCUT2D eigenvalue weighted by atomic mass is 9.89. The molecule has 3 rings (SSSR count). The fourth-order valence-corrected chi connectivity index (χ4v) is 4.30. The summed E-state index contributed by atoms with van der Waals surface area (Å²) in [5.74, 6) is -2.39. The van der Waals surface area contributed by atoms with Gasteiger partial charge in [0.2, 0.25) is 0 Å². The van der Waals surface area contributed by atoms with Crippen LogP contribution in [-0.2, 0) is 46.2 Å². The second kappa shape index (κ2) is 17.5. The molecule has 2 N–H and O–H groups in total. The summed E-state index contributed by atoms with van der Waals surface area (Å²) < 4.78 is 16.9. The van der Waals surface area contributed by atoms with Crippen molar-refractivity contribution >= 4 is 23.9 Å². The number of carboxylic acid groups (broad SMARTS) is 2. The van der Waals surface area contributed by atoms with Crippen molar-refractivity contribution in [1.82, 2.24) is 0 Å². The standard InChI is InChI=1S/C27H31NO5.2C2H4O2/c1-5-20-6-8-21(9-7-20)11-22-12-26(17(2)10-23(22)15-28)27-14-24(32-19(4)30)13-25(33-27)16-31-18(3)29;2*1-2(3)4/h6-10,12,24-25,27H,5,11,13-14,16H2,1-4H3;2*1H3,(H,3,4). The average molecular weight is 570 g/mol. The van der Waals surface area contributed by atoms with E-state index in [0.717, 1.165) is 42.5 Å². The lowest BCUT2D eigenvalue weighted by Gasteiger charge is -2.35. The minimum absolute atomic E-state index is 0.107. The first-order valence-electron chi connectivity index (χ1n) is 13.2. The largest absolute Gasteiger partial charge is 0.481 e. The second-order valence-corrected chi connectivity index (χ2v) is 9.61. The Bertz CT molecular complexity index is 1210. The first-order chi connectivity index (χ1) is 19.2. The highest BCUT2D eigenvalue weighted by atomic mass is 16.6. The number of aliphatic carboxylic acids is 2. The van der Waals surface area contributed by atoms with Crippen molar-refractivity contribution in [2.75, 3.05) is 6.61 Å². The Morgan fingerprint density at radius 2 is 1.51 bits per heavy atom. The highest BCUT2D eigenvalue weighted by Gasteiger charge is 2.34. The molecule has 10 nitrogen and oxygen atoms in total. The molecule has 1 aliphatic rings. The van der Waals surface area contributed by atoms with Crippen LogP contribution < -0.4 is 0 Å². The van der Waals surface area contributed by atoms with Gasteiger partial charge in [-0.1, -0.05) is 37.3 Å². The molecule has 41 heavy (non-hydrogen) atoms. The maximum atomic E-state index is 11.6. The molecule has 1 heterocycles. The monoisotopic (exact) mass is 569 g/mol. The van der Waals surface area contributed by atoms with Crippen molar-refractivity contribution in [3.8, 4) is 6.07 Å². The van der Waals surface area contributed by atoms with E-state index in [-0.39, 0.29) is 36.9 Å². The number of carbonyl (C=O) groups excluding carboxylic acids is 2. The molecule has 1 fully saturated rings. The molecular formula is C31H39NO9. The van der Waals surface area contributed by atoms with Crippen molar-refractivity contribution in [3.63, 3.8) is 0 Å². The molecule has 2 aromatic carbocycles. The minimum atomic E-state index is -0.833. The maximum Gasteiger partial charge on any atom is 0.302 e. The van der Waals surface area contributed by atoms with Gasteiger partial charge < -0.3 is 24.4 Å². The van der Waals surface area contributed by atoms with E-state index in [1.54, 1.807) is 0 Å². The number of benzene rings is 2. The molecule has 3 unspecified atom stereocenters. The summed E-state index contributed by atoms with van der Waals surface area (Å²) in [6, 6.07) is 14.7. The molecular weight excluding hydrogens is 530 g/mol. The SMILES string of the molecule is CC(=O)O.CC(=O)O.CCc1ccc(Cc2cc(C3CC(OC(C)=O)CC(COC(C)=O)O3)c(C)cc2C#N)cc1. The van der Waals surface area contributed by atoms with Crippen molar-refractivity contribution in [3.05, 3.63) is 69.8 Å². The number of carbonyl (C=O) groups is 4. The van der Waals surface area contributed by atoms with Crippen LogP contribution in [0.4, 0.5) is 0 Å². The lowest BCUT2D eigenvalue weighted by molar-refractivity contribution is -0.169. The first kappa shape index (κ1) is 34.8. The zero-order chi connectivity index (χ0) is 31.1. The molecule has 0 spiro atoms. The fourth-order valence-electron chi connectivity index (χ4n) is 4.30. The van der Waals surface area contributed by atoms with E-state index in [1.165, 1.54) is 19.4 Å². The summed E-state index contributed by atoms with van der Waals surface area (Å²) in [5, 5.41) is 24.6. The molecule has 3 atom stereocenters. The van der Waals surface area contributed by atoms with Crippen molar-refractivity contribution < 1.29 is 43.6 Å². The topological polar surface area (TPSA) is 160 Å². The quantitative estimate of drug-likeness (QED) is 0.438. The van der Waals surface area contributed by atoms with Crippen LogP contribution in [0.25, 0.3) is 0 Å². The van der Waals surface area contributed by atoms with Crippen molar-refractivity contribution in [2.45, 2.75) is 85.5 Å². The number of hydrogen-bond donors (Lipinski definition) is 2. The minimum Gasteiger partial charge on any atom is -0.481 e. The van der Waals surface area contributed by atoms with E-state index in [9.17, 15) is 14.9 Å². The molecule has 1 saturated heterocycles. The zero-order valence-corrected chi connectivity index (χ0v) is 24.4. The van der Waals surface area contributed by atoms with Gasteiger partial charge in [-0.2, -0.15) is 5.26 Å². The van der Waals surface area contributed by atoms with E-state index < -0.39 is 11.9 Å². The van der Waals surface area contributed by atoms with Gasteiger partial charge in [0.1, 0.15) is 12.7 Å². The summed E-state index contributed by atoms with van der Waals surface area (Å²) in [6.07, 6.45) is 1.55. The van der Waals surface area contributed by atoms with E-state index in [2.05, 4.69) is 37.3 Å². The fraction of sp³-hybridized carbons (Fsp3) is 0.452. The normalized spacial score (nSPS) is 17.3. The van der Waals surface area contributed by atoms with Crippen LogP contribution in [0.3, 0.4) is 0 Å². The zero-order valence-electron chi connectivity index (χ0n) is 24.4. The first-order valence-corrected chi connectivity index (χ1v) is 13.2. The summed E-state index contributed by atoms with van der Waals surface area (Å²) >= 11 is 0. The van der Waals surface area contributed by atoms with Crippen LogP contribution in [-0.4, -0.2) is 52.9 Å². The second-order valence-electron chi connectivity index (χ2n) is 9.61. The smallest absolute Gasteiger partial charge is 0.302 e. The Kier molecular flexibility index (Phi) is 14.8. The van der Waals surface area contributed by atoms with Gasteiger partial charge in [0.25, 0.3) is 11.9 Å². The van der Waals surface area contributed by atoms with Crippen LogP contribution in [0.5, 0.6) is 0 Å². The Labute approximate surface area is 240 Å². The van der Waals surface area contributed by atoms with Gasteiger partial charge in [0, 0.05) is 40.5 Å². The third-order valence-electron chi connectivity index (χ3n) is 5.95. The lowest BCUT2D eigenvalue weighted by Crippen LogP contribution is -2.37. The number of rotatable bonds is 7. The summed E-state index contributed by atoms with van der Waals surface area (Å²) in [4.78, 5) is 40.9. The predicted octanol–water partition coefficient (Wildman–Crippen LogP) is 4.92. The Morgan fingerprint density at radius 1 is 0.951 bits per heavy atom. The third kappa shape index (κ3) is 13.6. The number of carboxylic acids is 2. The molecule has 2 aromatic rings. The van der Waals surface area contributed by atoms with Crippen molar-refractivity contribution in [1.29, 1.82) is 5.26 Å². The number of esters is 2. The van der Waals surface area contributed by atoms with Gasteiger partial charge in [0.05, 0.1) is 23.8 Å². The van der Waals surface area contributed by atoms with Crippen LogP contribution in [0.2, 0.25) is 0 Å². The average Bonchev–Trinajstić information content (AvgIpc) is 2.87. The van der Waals surface area contributed by atoms with Crippen molar-refractivity contribution in [2.24, 2.45) is 0 Å². The summed E-state index contributed by atoms with van der Waals surface area (Å²) in [6.45, 7) is 9.09. The number of aryl methyl sites for hydroxylation is 2. The Balaban J connectivity index is 0.000000930. The molecule has 0 saturated carbocycles. The molecule has 222 valence electrons. The van der Waals surface area contributed by atoms with Gasteiger partial charge >= 0.3 is 11.9 Å². The van der Waals surface area contributed by atoms with Gasteiger partial charge in [-0.3, -0.25) is 19.2 Å². The number of nitriles is 1. The molecule has 0 aliphatic carbocycles. The van der Waals surface area contributed by atoms with E-state index >= 15 is 0 Å². The molecule has 10 heteroatoms. The van der Waals surface area contributed by atoms with E-state index in [0.29, 0.717) is 24.8 Å². The van der Waals surface area contributed by atoms with E-state index in [4.69, 9.17) is 34.0 Å². The Hall–Kier alpha value is -4.23. The molecule has 0 radical (unpaired) electrons. The van der Waals surface area contributed by atoms with E-state index in [1.807, 2.05) is 19.1 Å². The molecule has 0 aromatic heterocycles. The van der Waals surface area contributed by atoms with Crippen LogP contribution >= 0.6 is 0 Å². The van der Waals surface area contributed by atoms with Crippen LogP contribution in [0.1, 0.15) is 86.9 Å². The van der Waals surface area contributed by atoms with Gasteiger partial charge in [-0.25, -0.2) is 0 Å². The van der Waals surface area contributed by atoms with Crippen LogP contribution in [0, 0.1) is 18.3 Å². The number of hydrogen-bond acceptors (Lipinski definition) is 8. The molecule has 0 bridgehead atoms. The Morgan fingerprint density at radius 3 is 2.00 bits per heavy atom. The predicted molar refractivity (Wildman–Crippen MR) is 150 cm³/mol. The molecule has 0 amide bonds. The van der Waals surface area contributed by atoms with Gasteiger partial charge in [-0.15, -0.1) is 0 Å². The summed E-state index contributed by atoms with van der Waals surface area (Å²) in [5.41, 5.74) is 5.87. The number of ether oxygens (including phenoxy) is 3. The third-order valence-corrected chi connectivity index (χ3v) is 5.95. The summed E-state index contributed by atoms with van der Waals surface area (Å²) in [7, 11) is 0.